The van der Waals surface area contributed by atoms with Gasteiger partial charge < -0.3 is 24.3 Å². The van der Waals surface area contributed by atoms with E-state index < -0.39 is 0 Å². The Morgan fingerprint density at radius 2 is 1.62 bits per heavy atom. The van der Waals surface area contributed by atoms with E-state index in [1.165, 1.54) is 12.1 Å². The number of hydrogen-bond donors (Lipinski definition) is 1. The summed E-state index contributed by atoms with van der Waals surface area (Å²) in [5, 5.41) is 3.03. The van der Waals surface area contributed by atoms with Gasteiger partial charge in [0.1, 0.15) is 23.9 Å². The predicted molar refractivity (Wildman–Crippen MR) is 148 cm³/mol. The summed E-state index contributed by atoms with van der Waals surface area (Å²) in [4.78, 5) is 32.7. The zero-order valence-electron chi connectivity index (χ0n) is 22.9. The Labute approximate surface area is 229 Å². The zero-order valence-corrected chi connectivity index (χ0v) is 22.9. The van der Waals surface area contributed by atoms with E-state index >= 15 is 0 Å². The third-order valence-corrected chi connectivity index (χ3v) is 6.90. The molecular weight excluding hydrogens is 499 g/mol. The second kappa shape index (κ2) is 13.4. The van der Waals surface area contributed by atoms with Crippen molar-refractivity contribution in [2.45, 2.75) is 33.9 Å². The van der Waals surface area contributed by atoms with Crippen LogP contribution in [0, 0.1) is 26.6 Å². The number of hydrogen-bond acceptors (Lipinski definition) is 5. The van der Waals surface area contributed by atoms with Gasteiger partial charge in [0.2, 0.25) is 5.91 Å². The maximum Gasteiger partial charge on any atom is 0.322 e. The summed E-state index contributed by atoms with van der Waals surface area (Å²) in [7, 11) is 0. The van der Waals surface area contributed by atoms with Gasteiger partial charge in [-0.2, -0.15) is 0 Å². The molecule has 0 spiro atoms. The van der Waals surface area contributed by atoms with Gasteiger partial charge in [0, 0.05) is 38.4 Å². The lowest BCUT2D eigenvalue weighted by Crippen LogP contribution is -2.48. The minimum absolute atomic E-state index is 0.109. The van der Waals surface area contributed by atoms with Crippen molar-refractivity contribution in [1.29, 1.82) is 0 Å². The predicted octanol–water partition coefficient (Wildman–Crippen LogP) is 4.74. The van der Waals surface area contributed by atoms with Gasteiger partial charge in [0.05, 0.1) is 19.8 Å². The molecule has 1 aliphatic heterocycles. The van der Waals surface area contributed by atoms with Gasteiger partial charge in [-0.1, -0.05) is 30.3 Å². The Bertz CT molecular complexity index is 1230. The maximum atomic E-state index is 13.7. The van der Waals surface area contributed by atoms with Crippen LogP contribution < -0.4 is 5.32 Å². The van der Waals surface area contributed by atoms with Gasteiger partial charge in [0.15, 0.2) is 0 Å². The van der Waals surface area contributed by atoms with Crippen molar-refractivity contribution in [3.05, 3.63) is 88.6 Å². The number of amides is 3. The maximum absolute atomic E-state index is 13.7. The molecule has 1 aromatic heterocycles. The summed E-state index contributed by atoms with van der Waals surface area (Å²) in [5.41, 5.74) is 3.44. The third-order valence-electron chi connectivity index (χ3n) is 6.90. The number of benzene rings is 2. The van der Waals surface area contributed by atoms with Crippen LogP contribution in [0.2, 0.25) is 0 Å². The van der Waals surface area contributed by atoms with Crippen LogP contribution >= 0.6 is 0 Å². The number of urea groups is 1. The van der Waals surface area contributed by atoms with E-state index in [9.17, 15) is 14.0 Å². The number of carbonyl (C=O) groups is 2. The zero-order chi connectivity index (χ0) is 27.8. The first-order valence-electron chi connectivity index (χ1n) is 13.3. The molecule has 3 aromatic rings. The fourth-order valence-electron chi connectivity index (χ4n) is 4.60. The number of morpholine rings is 1. The number of rotatable bonds is 10. The number of nitrogens with one attached hydrogen (secondary N) is 1. The quantitative estimate of drug-likeness (QED) is 0.405. The highest BCUT2D eigenvalue weighted by molar-refractivity contribution is 5.93. The van der Waals surface area contributed by atoms with Crippen molar-refractivity contribution in [1.82, 2.24) is 14.7 Å². The Morgan fingerprint density at radius 3 is 2.26 bits per heavy atom. The number of ether oxygens (including phenoxy) is 1. The summed E-state index contributed by atoms with van der Waals surface area (Å²) >= 11 is 0. The molecule has 1 aliphatic rings. The van der Waals surface area contributed by atoms with Crippen LogP contribution in [0.4, 0.5) is 14.9 Å². The molecule has 2 aromatic carbocycles. The fourth-order valence-corrected chi connectivity index (χ4v) is 4.60. The second-order valence-corrected chi connectivity index (χ2v) is 9.96. The van der Waals surface area contributed by atoms with E-state index in [2.05, 4.69) is 10.2 Å². The molecule has 0 unspecified atom stereocenters. The smallest absolute Gasteiger partial charge is 0.322 e. The van der Waals surface area contributed by atoms with E-state index in [0.717, 1.165) is 41.2 Å². The van der Waals surface area contributed by atoms with Gasteiger partial charge >= 0.3 is 6.03 Å². The molecule has 208 valence electrons. The Kier molecular flexibility index (Phi) is 9.73. The largest absolute Gasteiger partial charge is 0.464 e. The van der Waals surface area contributed by atoms with Crippen LogP contribution in [-0.4, -0.2) is 72.6 Å². The van der Waals surface area contributed by atoms with E-state index in [1.54, 1.807) is 21.9 Å². The van der Waals surface area contributed by atoms with Crippen molar-refractivity contribution >= 4 is 17.6 Å². The van der Waals surface area contributed by atoms with Crippen molar-refractivity contribution in [3.63, 3.8) is 0 Å². The third kappa shape index (κ3) is 8.15. The number of carbonyl (C=O) groups excluding carboxylic acids is 2. The number of aryl methyl sites for hydroxylation is 3. The average molecular weight is 537 g/mol. The SMILES string of the molecule is Cc1ccc(CN(Cc2ccc(F)cc2)C(=O)CN(CCN2CCOCC2)C(=O)Nc2c(C)cccc2C)o1. The van der Waals surface area contributed by atoms with E-state index in [0.29, 0.717) is 32.1 Å². The van der Waals surface area contributed by atoms with Gasteiger partial charge in [0.25, 0.3) is 0 Å². The lowest BCUT2D eigenvalue weighted by molar-refractivity contribution is -0.133. The van der Waals surface area contributed by atoms with Crippen molar-refractivity contribution < 1.29 is 23.1 Å². The highest BCUT2D eigenvalue weighted by atomic mass is 19.1. The molecule has 1 fully saturated rings. The highest BCUT2D eigenvalue weighted by Crippen LogP contribution is 2.20. The first-order chi connectivity index (χ1) is 18.8. The molecular formula is C30H37FN4O4. The standard InChI is InChI=1S/C30H37FN4O4/c1-22-5-4-6-23(2)29(22)32-30(37)34(14-13-33-15-17-38-18-16-33)21-28(36)35(20-27-12-7-24(3)39-27)19-25-8-10-26(31)11-9-25/h4-12H,13-21H2,1-3H3,(H,32,37). The van der Waals surface area contributed by atoms with Gasteiger partial charge in [-0.3, -0.25) is 9.69 Å². The number of furan rings is 1. The first kappa shape index (κ1) is 28.3. The number of anilines is 1. The van der Waals surface area contributed by atoms with E-state index in [-0.39, 0.29) is 37.4 Å². The molecule has 1 saturated heterocycles. The summed E-state index contributed by atoms with van der Waals surface area (Å²) < 4.78 is 24.7. The van der Waals surface area contributed by atoms with Crippen LogP contribution in [0.3, 0.4) is 0 Å². The molecule has 0 atom stereocenters. The molecule has 0 aliphatic carbocycles. The molecule has 0 radical (unpaired) electrons. The first-order valence-corrected chi connectivity index (χ1v) is 13.3. The molecule has 9 heteroatoms. The van der Waals surface area contributed by atoms with Crippen molar-refractivity contribution in [3.8, 4) is 0 Å². The minimum atomic E-state index is -0.337. The van der Waals surface area contributed by atoms with Crippen LogP contribution in [0.1, 0.15) is 28.2 Å². The normalized spacial score (nSPS) is 13.7. The number of halogens is 1. The van der Waals surface area contributed by atoms with Gasteiger partial charge in [-0.25, -0.2) is 9.18 Å². The lowest BCUT2D eigenvalue weighted by Gasteiger charge is -2.31. The lowest BCUT2D eigenvalue weighted by atomic mass is 10.1. The van der Waals surface area contributed by atoms with Crippen LogP contribution in [0.25, 0.3) is 0 Å². The molecule has 0 bridgehead atoms. The van der Waals surface area contributed by atoms with Crippen molar-refractivity contribution in [2.24, 2.45) is 0 Å². The van der Waals surface area contributed by atoms with Crippen LogP contribution in [0.15, 0.2) is 59.0 Å². The summed E-state index contributed by atoms with van der Waals surface area (Å²) in [6.45, 7) is 10.0. The summed E-state index contributed by atoms with van der Waals surface area (Å²) in [5.74, 6) is 0.824. The van der Waals surface area contributed by atoms with E-state index in [1.807, 2.05) is 51.1 Å². The molecule has 1 N–H and O–H groups in total. The minimum Gasteiger partial charge on any atom is -0.464 e. The fraction of sp³-hybridized carbons (Fsp3) is 0.400. The topological polar surface area (TPSA) is 78.3 Å². The highest BCUT2D eigenvalue weighted by Gasteiger charge is 2.24. The number of para-hydroxylation sites is 1. The molecule has 2 heterocycles. The Morgan fingerprint density at radius 1 is 0.923 bits per heavy atom. The molecule has 0 saturated carbocycles. The number of nitrogens with zero attached hydrogens (tertiary/aromatic N) is 3. The van der Waals surface area contributed by atoms with Crippen molar-refractivity contribution in [2.75, 3.05) is 51.3 Å². The molecule has 3 amide bonds. The molecule has 4 rings (SSSR count). The monoisotopic (exact) mass is 536 g/mol. The van der Waals surface area contributed by atoms with E-state index in [4.69, 9.17) is 9.15 Å². The van der Waals surface area contributed by atoms with Crippen LogP contribution in [-0.2, 0) is 22.6 Å². The summed E-state index contributed by atoms with van der Waals surface area (Å²) in [6, 6.07) is 15.3. The van der Waals surface area contributed by atoms with Gasteiger partial charge in [-0.05, 0) is 61.7 Å². The molecule has 8 nitrogen and oxygen atoms in total. The Balaban J connectivity index is 1.53. The second-order valence-electron chi connectivity index (χ2n) is 9.96. The van der Waals surface area contributed by atoms with Crippen LogP contribution in [0.5, 0.6) is 0 Å². The Hall–Kier alpha value is -3.69. The van der Waals surface area contributed by atoms with Gasteiger partial charge in [-0.15, -0.1) is 0 Å². The summed E-state index contributed by atoms with van der Waals surface area (Å²) in [6.07, 6.45) is 0. The average Bonchev–Trinajstić information content (AvgIpc) is 3.34. The molecule has 39 heavy (non-hydrogen) atoms.